The molecule has 0 heterocycles. The minimum absolute atomic E-state index is 0.335. The predicted molar refractivity (Wildman–Crippen MR) is 100 cm³/mol. The van der Waals surface area contributed by atoms with Crippen LogP contribution in [0.15, 0.2) is 0 Å². The number of unbranched alkanes of at least 4 members (excludes halogenated alkanes) is 7. The fourth-order valence-electron chi connectivity index (χ4n) is 2.36. The van der Waals surface area contributed by atoms with Crippen molar-refractivity contribution in [1.82, 2.24) is 0 Å². The van der Waals surface area contributed by atoms with Gasteiger partial charge in [0.1, 0.15) is 0 Å². The van der Waals surface area contributed by atoms with Crippen molar-refractivity contribution in [3.63, 3.8) is 0 Å². The van der Waals surface area contributed by atoms with Crippen LogP contribution in [0.5, 0.6) is 0 Å². The van der Waals surface area contributed by atoms with Crippen LogP contribution in [-0.2, 0) is 13.6 Å². The molecule has 0 aliphatic carbocycles. The maximum Gasteiger partial charge on any atom is 0.400 e. The van der Waals surface area contributed by atoms with Crippen LogP contribution in [0.4, 0.5) is 8.78 Å². The molecule has 0 rings (SSSR count). The molecule has 0 aromatic carbocycles. The summed E-state index contributed by atoms with van der Waals surface area (Å²) in [5, 5.41) is 1.04. The minimum Gasteiger partial charge on any atom is -0.302 e. The van der Waals surface area contributed by atoms with Crippen LogP contribution in [0.1, 0.15) is 85.5 Å². The van der Waals surface area contributed by atoms with Crippen molar-refractivity contribution in [3.05, 3.63) is 0 Å². The van der Waals surface area contributed by atoms with Crippen LogP contribution in [0.3, 0.4) is 0 Å². The molecular weight excluding hydrogens is 401 g/mol. The molecule has 0 atom stereocenters. The quantitative estimate of drug-likeness (QED) is 0.152. The first-order valence-electron chi connectivity index (χ1n) is 9.05. The molecule has 0 N–H and O–H groups in total. The predicted octanol–water partition coefficient (Wildman–Crippen LogP) is 7.53. The summed E-state index contributed by atoms with van der Waals surface area (Å²) in [5.74, 6) is 0. The first kappa shape index (κ1) is 24.5. The molecule has 0 spiro atoms. The van der Waals surface area contributed by atoms with Crippen molar-refractivity contribution in [2.24, 2.45) is 0 Å². The van der Waals surface area contributed by atoms with Gasteiger partial charge in [0.25, 0.3) is 0 Å². The second kappa shape index (κ2) is 12.8. The highest BCUT2D eigenvalue weighted by atomic mass is 79.9. The summed E-state index contributed by atoms with van der Waals surface area (Å²) in [6, 6.07) is 0. The largest absolute Gasteiger partial charge is 0.400 e. The van der Waals surface area contributed by atoms with E-state index in [9.17, 15) is 13.3 Å². The van der Waals surface area contributed by atoms with Crippen LogP contribution in [0.25, 0.3) is 0 Å². The van der Waals surface area contributed by atoms with Crippen molar-refractivity contribution in [3.8, 4) is 0 Å². The zero-order valence-electron chi connectivity index (χ0n) is 15.5. The molecule has 0 aliphatic heterocycles. The van der Waals surface area contributed by atoms with E-state index in [1.165, 1.54) is 19.3 Å². The fraction of sp³-hybridized carbons (Fsp3) is 1.00. The molecule has 146 valence electrons. The topological polar surface area (TPSA) is 35.5 Å². The van der Waals surface area contributed by atoms with Gasteiger partial charge in [0.2, 0.25) is 0 Å². The number of hydrogen-bond acceptors (Lipinski definition) is 3. The molecule has 3 nitrogen and oxygen atoms in total. The Morgan fingerprint density at radius 3 is 1.58 bits per heavy atom. The Morgan fingerprint density at radius 1 is 0.833 bits per heavy atom. The molecule has 0 radical (unpaired) electrons. The van der Waals surface area contributed by atoms with E-state index in [2.05, 4.69) is 15.9 Å². The van der Waals surface area contributed by atoms with Gasteiger partial charge in [0.05, 0.1) is 12.2 Å². The molecule has 0 aromatic heterocycles. The Hall–Kier alpha value is 0.490. The highest BCUT2D eigenvalue weighted by Crippen LogP contribution is 2.65. The van der Waals surface area contributed by atoms with E-state index in [1.807, 2.05) is 0 Å². The van der Waals surface area contributed by atoms with E-state index in [1.54, 1.807) is 27.7 Å². The first-order valence-corrected chi connectivity index (χ1v) is 11.7. The van der Waals surface area contributed by atoms with E-state index >= 15 is 0 Å². The van der Waals surface area contributed by atoms with E-state index in [0.717, 1.165) is 31.0 Å². The monoisotopic (exact) mass is 434 g/mol. The maximum absolute atomic E-state index is 14.4. The number of alkyl halides is 3. The first-order chi connectivity index (χ1) is 11.1. The fourth-order valence-corrected chi connectivity index (χ4v) is 4.66. The number of halogens is 3. The maximum atomic E-state index is 14.4. The molecule has 0 fully saturated rings. The lowest BCUT2D eigenvalue weighted by atomic mass is 10.1. The van der Waals surface area contributed by atoms with Crippen LogP contribution in [0.2, 0.25) is 0 Å². The average molecular weight is 435 g/mol. The van der Waals surface area contributed by atoms with Gasteiger partial charge in [0, 0.05) is 11.8 Å². The summed E-state index contributed by atoms with van der Waals surface area (Å²) >= 11 is 3.40. The van der Waals surface area contributed by atoms with Crippen molar-refractivity contribution >= 4 is 23.5 Å². The van der Waals surface area contributed by atoms with Gasteiger partial charge in [-0.05, 0) is 40.5 Å². The minimum atomic E-state index is -4.45. The lowest BCUT2D eigenvalue weighted by Gasteiger charge is -2.29. The van der Waals surface area contributed by atoms with Gasteiger partial charge in [-0.15, -0.1) is 0 Å². The number of rotatable bonds is 15. The summed E-state index contributed by atoms with van der Waals surface area (Å²) < 4.78 is 51.4. The molecule has 0 unspecified atom stereocenters. The van der Waals surface area contributed by atoms with Gasteiger partial charge in [-0.2, -0.15) is 8.78 Å². The molecule has 7 heteroatoms. The number of hydrogen-bond donors (Lipinski definition) is 0. The van der Waals surface area contributed by atoms with Crippen molar-refractivity contribution in [2.75, 3.05) is 5.33 Å². The third-order valence-corrected chi connectivity index (χ3v) is 6.45. The van der Waals surface area contributed by atoms with Crippen LogP contribution >= 0.6 is 23.5 Å². The Labute approximate surface area is 154 Å². The molecule has 0 bridgehead atoms. The van der Waals surface area contributed by atoms with Gasteiger partial charge in [-0.25, -0.2) is 0 Å². The summed E-state index contributed by atoms with van der Waals surface area (Å²) in [7, 11) is -4.45. The molecule has 0 aliphatic rings. The van der Waals surface area contributed by atoms with Crippen LogP contribution in [-0.4, -0.2) is 23.2 Å². The Balaban J connectivity index is 4.21. The SMILES string of the molecule is CC(C)OP(=O)(OC(C)C)C(F)(F)CCCCCCCCCCBr. The molecule has 0 saturated carbocycles. The van der Waals surface area contributed by atoms with Crippen LogP contribution < -0.4 is 0 Å². The zero-order valence-corrected chi connectivity index (χ0v) is 18.0. The normalized spacial score (nSPS) is 13.2. The van der Waals surface area contributed by atoms with Crippen molar-refractivity contribution in [1.29, 1.82) is 0 Å². The van der Waals surface area contributed by atoms with Gasteiger partial charge in [0.15, 0.2) is 0 Å². The molecular formula is C17H34BrF2O3P. The third kappa shape index (κ3) is 10.5. The van der Waals surface area contributed by atoms with E-state index in [-0.39, 0.29) is 0 Å². The molecule has 24 heavy (non-hydrogen) atoms. The molecule has 0 amide bonds. The van der Waals surface area contributed by atoms with E-state index < -0.39 is 31.9 Å². The highest BCUT2D eigenvalue weighted by Gasteiger charge is 2.53. The Morgan fingerprint density at radius 2 is 1.21 bits per heavy atom. The van der Waals surface area contributed by atoms with Crippen molar-refractivity contribution in [2.45, 2.75) is 103 Å². The summed E-state index contributed by atoms with van der Waals surface area (Å²) in [4.78, 5) is 0. The summed E-state index contributed by atoms with van der Waals surface area (Å²) in [6.45, 7) is 6.34. The Bertz CT molecular complexity index is 352. The summed E-state index contributed by atoms with van der Waals surface area (Å²) in [6.07, 6.45) is 6.21. The lowest BCUT2D eigenvalue weighted by molar-refractivity contribution is 0.0122. The standard InChI is InChI=1S/C17H34BrF2O3P/c1-15(2)22-24(21,23-16(3)4)17(19,20)13-11-9-7-5-6-8-10-12-14-18/h15-16H,5-14H2,1-4H3. The lowest BCUT2D eigenvalue weighted by Crippen LogP contribution is -2.24. The van der Waals surface area contributed by atoms with Gasteiger partial charge in [-0.1, -0.05) is 54.5 Å². The average Bonchev–Trinajstić information content (AvgIpc) is 2.43. The second-order valence-electron chi connectivity index (χ2n) is 6.74. The zero-order chi connectivity index (χ0) is 18.6. The third-order valence-electron chi connectivity index (χ3n) is 3.46. The van der Waals surface area contributed by atoms with Gasteiger partial charge >= 0.3 is 13.3 Å². The van der Waals surface area contributed by atoms with Crippen molar-refractivity contribution < 1.29 is 22.4 Å². The molecule has 0 aromatic rings. The molecule has 0 saturated heterocycles. The second-order valence-corrected chi connectivity index (χ2v) is 9.60. The van der Waals surface area contributed by atoms with Crippen LogP contribution in [0, 0.1) is 0 Å². The van der Waals surface area contributed by atoms with Gasteiger partial charge < -0.3 is 9.05 Å². The highest BCUT2D eigenvalue weighted by molar-refractivity contribution is 9.09. The summed E-state index contributed by atoms with van der Waals surface area (Å²) in [5.41, 5.74) is -3.43. The van der Waals surface area contributed by atoms with E-state index in [4.69, 9.17) is 9.05 Å². The Kier molecular flexibility index (Phi) is 13.0. The van der Waals surface area contributed by atoms with Gasteiger partial charge in [-0.3, -0.25) is 4.57 Å². The smallest absolute Gasteiger partial charge is 0.302 e. The van der Waals surface area contributed by atoms with E-state index in [0.29, 0.717) is 6.42 Å².